The zero-order valence-electron chi connectivity index (χ0n) is 11.4. The fourth-order valence-corrected chi connectivity index (χ4v) is 2.88. The van der Waals surface area contributed by atoms with E-state index in [1.54, 1.807) is 6.33 Å². The molecule has 0 aliphatic heterocycles. The number of hydrogen-bond donors (Lipinski definition) is 1. The molecule has 7 nitrogen and oxygen atoms in total. The van der Waals surface area contributed by atoms with Gasteiger partial charge < -0.3 is 4.42 Å². The van der Waals surface area contributed by atoms with Crippen LogP contribution in [0.15, 0.2) is 29.3 Å². The number of carbonyl (C=O) groups excluding carboxylic acids is 1. The van der Waals surface area contributed by atoms with Gasteiger partial charge in [-0.2, -0.15) is 0 Å². The highest BCUT2D eigenvalue weighted by Crippen LogP contribution is 2.34. The number of amides is 1. The molecule has 3 aromatic heterocycles. The van der Waals surface area contributed by atoms with Gasteiger partial charge in [0, 0.05) is 5.69 Å². The number of hydrogen-bond acceptors (Lipinski definition) is 5. The first kappa shape index (κ1) is 12.1. The van der Waals surface area contributed by atoms with Crippen molar-refractivity contribution in [3.8, 4) is 0 Å². The largest absolute Gasteiger partial charge is 0.432 e. The van der Waals surface area contributed by atoms with Crippen LogP contribution in [-0.2, 0) is 6.42 Å². The van der Waals surface area contributed by atoms with Crippen LogP contribution in [-0.4, -0.2) is 25.5 Å². The number of aryl methyl sites for hydroxylation is 1. The highest BCUT2D eigenvalue weighted by atomic mass is 16.4. The number of anilines is 1. The van der Waals surface area contributed by atoms with Gasteiger partial charge >= 0.3 is 6.01 Å². The average Bonchev–Trinajstić information content (AvgIpc) is 3.18. The van der Waals surface area contributed by atoms with E-state index >= 15 is 0 Å². The molecular weight excluding hydrogens is 270 g/mol. The SMILES string of the molecule is C[C@@H]1CCc2c1cc(C(=O)Nc1ncco1)c1nncn21. The minimum absolute atomic E-state index is 0.172. The minimum atomic E-state index is -0.294. The fraction of sp³-hybridized carbons (Fsp3) is 0.286. The first-order valence-electron chi connectivity index (χ1n) is 6.80. The summed E-state index contributed by atoms with van der Waals surface area (Å²) in [5.41, 5.74) is 3.42. The Hall–Kier alpha value is -2.70. The second-order valence-corrected chi connectivity index (χ2v) is 5.22. The lowest BCUT2D eigenvalue weighted by Gasteiger charge is -2.10. The number of oxazole rings is 1. The molecule has 21 heavy (non-hydrogen) atoms. The van der Waals surface area contributed by atoms with Crippen molar-refractivity contribution in [3.63, 3.8) is 0 Å². The van der Waals surface area contributed by atoms with E-state index in [-0.39, 0.29) is 11.9 Å². The van der Waals surface area contributed by atoms with Gasteiger partial charge in [0.25, 0.3) is 5.91 Å². The molecule has 0 bridgehead atoms. The Morgan fingerprint density at radius 2 is 2.43 bits per heavy atom. The van der Waals surface area contributed by atoms with Crippen LogP contribution < -0.4 is 5.32 Å². The standard InChI is InChI=1S/C14H13N5O2/c1-8-2-3-11-9(8)6-10(12-18-16-7-19(11)12)13(20)17-14-15-4-5-21-14/h4-8H,2-3H2,1H3,(H,15,17,20)/t8-/m1/s1. The highest BCUT2D eigenvalue weighted by molar-refractivity contribution is 6.07. The van der Waals surface area contributed by atoms with E-state index in [1.165, 1.54) is 23.7 Å². The molecule has 1 aliphatic rings. The van der Waals surface area contributed by atoms with Crippen molar-refractivity contribution in [2.24, 2.45) is 0 Å². The quantitative estimate of drug-likeness (QED) is 0.777. The van der Waals surface area contributed by atoms with Gasteiger partial charge in [0.15, 0.2) is 5.65 Å². The molecule has 0 saturated carbocycles. The maximum atomic E-state index is 12.4. The number of nitrogens with one attached hydrogen (secondary N) is 1. The third-order valence-corrected chi connectivity index (χ3v) is 3.95. The molecule has 106 valence electrons. The van der Waals surface area contributed by atoms with Crippen molar-refractivity contribution in [2.45, 2.75) is 25.7 Å². The number of carbonyl (C=O) groups is 1. The molecule has 0 aromatic carbocycles. The van der Waals surface area contributed by atoms with Gasteiger partial charge in [0.1, 0.15) is 12.6 Å². The molecule has 0 unspecified atom stereocenters. The Morgan fingerprint density at radius 1 is 1.52 bits per heavy atom. The number of aromatic nitrogens is 4. The molecule has 0 spiro atoms. The van der Waals surface area contributed by atoms with Crippen LogP contribution in [0.1, 0.15) is 40.9 Å². The van der Waals surface area contributed by atoms with Gasteiger partial charge in [-0.15, -0.1) is 10.2 Å². The van der Waals surface area contributed by atoms with Gasteiger partial charge in [-0.25, -0.2) is 4.98 Å². The smallest absolute Gasteiger partial charge is 0.301 e. The Balaban J connectivity index is 1.83. The third kappa shape index (κ3) is 1.81. The predicted octanol–water partition coefficient (Wildman–Crippen LogP) is 2.02. The van der Waals surface area contributed by atoms with E-state index in [1.807, 2.05) is 10.5 Å². The van der Waals surface area contributed by atoms with Gasteiger partial charge in [-0.1, -0.05) is 6.92 Å². The zero-order chi connectivity index (χ0) is 14.4. The number of fused-ring (bicyclic) bond motifs is 3. The van der Waals surface area contributed by atoms with Gasteiger partial charge in [0.05, 0.1) is 11.8 Å². The third-order valence-electron chi connectivity index (χ3n) is 3.95. The normalized spacial score (nSPS) is 17.1. The van der Waals surface area contributed by atoms with Crippen molar-refractivity contribution in [2.75, 3.05) is 5.32 Å². The Labute approximate surface area is 120 Å². The van der Waals surface area contributed by atoms with Crippen molar-refractivity contribution in [3.05, 3.63) is 41.7 Å². The summed E-state index contributed by atoms with van der Waals surface area (Å²) in [5, 5.41) is 10.6. The molecule has 7 heteroatoms. The van der Waals surface area contributed by atoms with Crippen LogP contribution in [0.5, 0.6) is 0 Å². The number of rotatable bonds is 2. The molecule has 0 fully saturated rings. The highest BCUT2D eigenvalue weighted by Gasteiger charge is 2.26. The summed E-state index contributed by atoms with van der Waals surface area (Å²) < 4.78 is 6.95. The monoisotopic (exact) mass is 283 g/mol. The van der Waals surface area contributed by atoms with Crippen molar-refractivity contribution < 1.29 is 9.21 Å². The molecule has 0 saturated heterocycles. The Morgan fingerprint density at radius 3 is 3.24 bits per heavy atom. The van der Waals surface area contributed by atoms with E-state index in [0.717, 1.165) is 12.8 Å². The summed E-state index contributed by atoms with van der Waals surface area (Å²) in [5.74, 6) is 0.137. The number of nitrogens with zero attached hydrogens (tertiary/aromatic N) is 4. The van der Waals surface area contributed by atoms with Crippen LogP contribution in [0.25, 0.3) is 5.65 Å². The van der Waals surface area contributed by atoms with Gasteiger partial charge in [-0.3, -0.25) is 14.5 Å². The number of pyridine rings is 1. The summed E-state index contributed by atoms with van der Waals surface area (Å²) in [6.45, 7) is 2.16. The molecule has 1 amide bonds. The van der Waals surface area contributed by atoms with Crippen molar-refractivity contribution >= 4 is 17.6 Å². The minimum Gasteiger partial charge on any atom is -0.432 e. The molecule has 4 rings (SSSR count). The average molecular weight is 283 g/mol. The first-order chi connectivity index (χ1) is 10.2. The van der Waals surface area contributed by atoms with E-state index in [2.05, 4.69) is 27.4 Å². The lowest BCUT2D eigenvalue weighted by Crippen LogP contribution is -2.15. The lowest BCUT2D eigenvalue weighted by atomic mass is 10.0. The second kappa shape index (κ2) is 4.41. The molecule has 3 aromatic rings. The molecule has 3 heterocycles. The topological polar surface area (TPSA) is 85.3 Å². The maximum absolute atomic E-state index is 12.4. The molecule has 1 N–H and O–H groups in total. The predicted molar refractivity (Wildman–Crippen MR) is 74.2 cm³/mol. The van der Waals surface area contributed by atoms with E-state index in [4.69, 9.17) is 4.42 Å². The molecule has 1 atom stereocenters. The summed E-state index contributed by atoms with van der Waals surface area (Å²) in [6, 6.07) is 2.08. The summed E-state index contributed by atoms with van der Waals surface area (Å²) in [6.07, 6.45) is 6.61. The zero-order valence-corrected chi connectivity index (χ0v) is 11.4. The summed E-state index contributed by atoms with van der Waals surface area (Å²) in [4.78, 5) is 16.3. The fourth-order valence-electron chi connectivity index (χ4n) is 2.88. The molecule has 0 radical (unpaired) electrons. The van der Waals surface area contributed by atoms with E-state index in [0.29, 0.717) is 17.1 Å². The van der Waals surface area contributed by atoms with Gasteiger partial charge in [-0.05, 0) is 30.4 Å². The van der Waals surface area contributed by atoms with Gasteiger partial charge in [0.2, 0.25) is 0 Å². The maximum Gasteiger partial charge on any atom is 0.301 e. The molecular formula is C14H13N5O2. The summed E-state index contributed by atoms with van der Waals surface area (Å²) in [7, 11) is 0. The summed E-state index contributed by atoms with van der Waals surface area (Å²) >= 11 is 0. The Bertz CT molecular complexity index is 821. The first-order valence-corrected chi connectivity index (χ1v) is 6.80. The van der Waals surface area contributed by atoms with E-state index < -0.39 is 0 Å². The lowest BCUT2D eigenvalue weighted by molar-refractivity contribution is 0.102. The van der Waals surface area contributed by atoms with Crippen molar-refractivity contribution in [1.82, 2.24) is 19.6 Å². The second-order valence-electron chi connectivity index (χ2n) is 5.22. The Kier molecular flexibility index (Phi) is 2.53. The van der Waals surface area contributed by atoms with E-state index in [9.17, 15) is 4.79 Å². The van der Waals surface area contributed by atoms with Crippen LogP contribution in [0.3, 0.4) is 0 Å². The van der Waals surface area contributed by atoms with Crippen LogP contribution in [0.2, 0.25) is 0 Å². The van der Waals surface area contributed by atoms with Crippen LogP contribution in [0, 0.1) is 0 Å². The molecule has 1 aliphatic carbocycles. The van der Waals surface area contributed by atoms with Crippen molar-refractivity contribution in [1.29, 1.82) is 0 Å². The van der Waals surface area contributed by atoms with Crippen LogP contribution in [0.4, 0.5) is 6.01 Å². The van der Waals surface area contributed by atoms with Crippen LogP contribution >= 0.6 is 0 Å².